The Morgan fingerprint density at radius 1 is 1.17 bits per heavy atom. The molecule has 6 heteroatoms. The third kappa shape index (κ3) is 4.91. The van der Waals surface area contributed by atoms with Crippen molar-refractivity contribution in [2.24, 2.45) is 5.92 Å². The molecule has 1 saturated carbocycles. The van der Waals surface area contributed by atoms with Crippen LogP contribution in [0.3, 0.4) is 0 Å². The zero-order valence-electron chi connectivity index (χ0n) is 14.6. The van der Waals surface area contributed by atoms with Crippen molar-refractivity contribution in [1.29, 1.82) is 0 Å². The minimum Gasteiger partial charge on any atom is -0.375 e. The van der Waals surface area contributed by atoms with Crippen molar-refractivity contribution in [2.45, 2.75) is 45.1 Å². The van der Waals surface area contributed by atoms with E-state index in [-0.39, 0.29) is 24.5 Å². The highest BCUT2D eigenvalue weighted by Crippen LogP contribution is 2.31. The van der Waals surface area contributed by atoms with E-state index in [1.807, 2.05) is 4.90 Å². The molecular weight excluding hydrogens is 294 g/mol. The van der Waals surface area contributed by atoms with Gasteiger partial charge in [0.05, 0.1) is 6.04 Å². The average molecular weight is 325 g/mol. The molecule has 1 heterocycles. The molecule has 1 N–H and O–H groups in total. The van der Waals surface area contributed by atoms with E-state index in [0.29, 0.717) is 19.0 Å². The van der Waals surface area contributed by atoms with Crippen molar-refractivity contribution in [3.8, 4) is 0 Å². The van der Waals surface area contributed by atoms with E-state index in [9.17, 15) is 9.59 Å². The summed E-state index contributed by atoms with van der Waals surface area (Å²) in [5.41, 5.74) is 0. The van der Waals surface area contributed by atoms with Crippen molar-refractivity contribution in [2.75, 3.05) is 46.4 Å². The first-order valence-electron chi connectivity index (χ1n) is 8.95. The minimum atomic E-state index is -0.0243. The standard InChI is InChI=1S/C17H31N3O3/c1-3-8-18-17(22)16(14-6-4-5-7-14)20-11-9-19(10-12-20)15(21)13-23-2/h14,16H,3-13H2,1-2H3,(H,18,22). The molecule has 132 valence electrons. The third-order valence-electron chi connectivity index (χ3n) is 4.99. The van der Waals surface area contributed by atoms with Gasteiger partial charge in [-0.15, -0.1) is 0 Å². The van der Waals surface area contributed by atoms with Gasteiger partial charge >= 0.3 is 0 Å². The Bertz CT molecular complexity index is 389. The van der Waals surface area contributed by atoms with Crippen LogP contribution in [0.5, 0.6) is 0 Å². The number of carbonyl (C=O) groups excluding carboxylic acids is 2. The molecule has 1 unspecified atom stereocenters. The predicted octanol–water partition coefficient (Wildman–Crippen LogP) is 0.862. The molecule has 2 aliphatic rings. The maximum atomic E-state index is 12.7. The van der Waals surface area contributed by atoms with E-state index >= 15 is 0 Å². The summed E-state index contributed by atoms with van der Waals surface area (Å²) in [7, 11) is 1.54. The van der Waals surface area contributed by atoms with Crippen molar-refractivity contribution in [1.82, 2.24) is 15.1 Å². The predicted molar refractivity (Wildman–Crippen MR) is 89.1 cm³/mol. The molecule has 1 aliphatic carbocycles. The van der Waals surface area contributed by atoms with Crippen LogP contribution >= 0.6 is 0 Å². The summed E-state index contributed by atoms with van der Waals surface area (Å²) in [5.74, 6) is 0.684. The molecule has 1 aliphatic heterocycles. The van der Waals surface area contributed by atoms with Crippen LogP contribution < -0.4 is 5.32 Å². The highest BCUT2D eigenvalue weighted by molar-refractivity contribution is 5.82. The van der Waals surface area contributed by atoms with Gasteiger partial charge in [0.25, 0.3) is 0 Å². The molecule has 0 radical (unpaired) electrons. The first-order valence-corrected chi connectivity index (χ1v) is 8.95. The number of amides is 2. The van der Waals surface area contributed by atoms with Gasteiger partial charge in [-0.1, -0.05) is 19.8 Å². The number of rotatable bonds is 7. The Kier molecular flexibility index (Phi) is 7.30. The number of piperazine rings is 1. The highest BCUT2D eigenvalue weighted by Gasteiger charge is 2.36. The Balaban J connectivity index is 1.94. The van der Waals surface area contributed by atoms with Crippen LogP contribution in [0.15, 0.2) is 0 Å². The summed E-state index contributed by atoms with van der Waals surface area (Å²) < 4.78 is 4.93. The van der Waals surface area contributed by atoms with Crippen LogP contribution in [0.25, 0.3) is 0 Å². The zero-order valence-corrected chi connectivity index (χ0v) is 14.6. The lowest BCUT2D eigenvalue weighted by molar-refractivity contribution is -0.138. The summed E-state index contributed by atoms with van der Waals surface area (Å²) in [6, 6.07) is -0.0243. The van der Waals surface area contributed by atoms with E-state index in [4.69, 9.17) is 4.74 Å². The lowest BCUT2D eigenvalue weighted by Gasteiger charge is -2.40. The smallest absolute Gasteiger partial charge is 0.248 e. The van der Waals surface area contributed by atoms with Gasteiger partial charge < -0.3 is 15.0 Å². The molecule has 0 aromatic carbocycles. The summed E-state index contributed by atoms with van der Waals surface area (Å²) >= 11 is 0. The molecule has 2 fully saturated rings. The Morgan fingerprint density at radius 3 is 2.39 bits per heavy atom. The molecule has 0 bridgehead atoms. The number of carbonyl (C=O) groups is 2. The van der Waals surface area contributed by atoms with Gasteiger partial charge in [0.1, 0.15) is 6.61 Å². The molecule has 0 spiro atoms. The van der Waals surface area contributed by atoms with Gasteiger partial charge in [0.15, 0.2) is 0 Å². The summed E-state index contributed by atoms with van der Waals surface area (Å²) in [5, 5.41) is 3.08. The number of hydrogen-bond donors (Lipinski definition) is 1. The SMILES string of the molecule is CCCNC(=O)C(C1CCCC1)N1CCN(C(=O)COC)CC1. The topological polar surface area (TPSA) is 61.9 Å². The number of methoxy groups -OCH3 is 1. The van der Waals surface area contributed by atoms with E-state index < -0.39 is 0 Å². The van der Waals surface area contributed by atoms with E-state index in [0.717, 1.165) is 38.9 Å². The Labute approximate surface area is 139 Å². The van der Waals surface area contributed by atoms with Crippen LogP contribution in [-0.2, 0) is 14.3 Å². The number of hydrogen-bond acceptors (Lipinski definition) is 4. The maximum absolute atomic E-state index is 12.7. The van der Waals surface area contributed by atoms with Gasteiger partial charge in [-0.3, -0.25) is 14.5 Å². The Hall–Kier alpha value is -1.14. The van der Waals surface area contributed by atoms with Gasteiger partial charge in [0, 0.05) is 39.8 Å². The molecule has 6 nitrogen and oxygen atoms in total. The highest BCUT2D eigenvalue weighted by atomic mass is 16.5. The van der Waals surface area contributed by atoms with Gasteiger partial charge in [-0.05, 0) is 25.2 Å². The van der Waals surface area contributed by atoms with Crippen LogP contribution in [0.2, 0.25) is 0 Å². The molecule has 2 amide bonds. The number of nitrogens with one attached hydrogen (secondary N) is 1. The number of nitrogens with zero attached hydrogens (tertiary/aromatic N) is 2. The monoisotopic (exact) mass is 325 g/mol. The molecule has 2 rings (SSSR count). The lowest BCUT2D eigenvalue weighted by atomic mass is 9.95. The van der Waals surface area contributed by atoms with Crippen molar-refractivity contribution in [3.05, 3.63) is 0 Å². The van der Waals surface area contributed by atoms with Crippen molar-refractivity contribution < 1.29 is 14.3 Å². The summed E-state index contributed by atoms with van der Waals surface area (Å²) in [4.78, 5) is 28.7. The van der Waals surface area contributed by atoms with Crippen LogP contribution in [0.1, 0.15) is 39.0 Å². The Morgan fingerprint density at radius 2 is 1.83 bits per heavy atom. The molecule has 1 saturated heterocycles. The lowest BCUT2D eigenvalue weighted by Crippen LogP contribution is -2.58. The van der Waals surface area contributed by atoms with Gasteiger partial charge in [-0.2, -0.15) is 0 Å². The second kappa shape index (κ2) is 9.23. The molecular formula is C17H31N3O3. The van der Waals surface area contributed by atoms with Crippen LogP contribution in [0.4, 0.5) is 0 Å². The van der Waals surface area contributed by atoms with Gasteiger partial charge in [0.2, 0.25) is 11.8 Å². The minimum absolute atomic E-state index is 0.0243. The molecule has 0 aromatic rings. The fraction of sp³-hybridized carbons (Fsp3) is 0.882. The fourth-order valence-corrected chi connectivity index (χ4v) is 3.77. The molecule has 23 heavy (non-hydrogen) atoms. The average Bonchev–Trinajstić information content (AvgIpc) is 3.08. The second-order valence-electron chi connectivity index (χ2n) is 6.63. The summed E-state index contributed by atoms with van der Waals surface area (Å²) in [6.45, 7) is 5.88. The summed E-state index contributed by atoms with van der Waals surface area (Å²) in [6.07, 6.45) is 5.71. The van der Waals surface area contributed by atoms with E-state index in [1.54, 1.807) is 7.11 Å². The van der Waals surface area contributed by atoms with Crippen LogP contribution in [-0.4, -0.2) is 74.1 Å². The second-order valence-corrected chi connectivity index (χ2v) is 6.63. The number of ether oxygens (including phenoxy) is 1. The van der Waals surface area contributed by atoms with Gasteiger partial charge in [-0.25, -0.2) is 0 Å². The maximum Gasteiger partial charge on any atom is 0.248 e. The quantitative estimate of drug-likeness (QED) is 0.754. The first-order chi connectivity index (χ1) is 11.2. The zero-order chi connectivity index (χ0) is 16.7. The molecule has 1 atom stereocenters. The fourth-order valence-electron chi connectivity index (χ4n) is 3.77. The van der Waals surface area contributed by atoms with Crippen LogP contribution in [0, 0.1) is 5.92 Å². The van der Waals surface area contributed by atoms with Crippen molar-refractivity contribution >= 4 is 11.8 Å². The first kappa shape index (κ1) is 18.2. The van der Waals surface area contributed by atoms with E-state index in [1.165, 1.54) is 12.8 Å². The largest absolute Gasteiger partial charge is 0.375 e. The van der Waals surface area contributed by atoms with Crippen molar-refractivity contribution in [3.63, 3.8) is 0 Å². The molecule has 0 aromatic heterocycles. The normalized spacial score (nSPS) is 21.4. The van der Waals surface area contributed by atoms with E-state index in [2.05, 4.69) is 17.1 Å². The third-order valence-corrected chi connectivity index (χ3v) is 4.99.